The van der Waals surface area contributed by atoms with Gasteiger partial charge >= 0.3 is 6.36 Å². The van der Waals surface area contributed by atoms with Gasteiger partial charge in [0.25, 0.3) is 0 Å². The quantitative estimate of drug-likeness (QED) is 0.437. The first-order chi connectivity index (χ1) is 12.9. The Morgan fingerprint density at radius 2 is 1.44 bits per heavy atom. The average Bonchev–Trinajstić information content (AvgIpc) is 2.67. The minimum Gasteiger partial charge on any atom is -0.406 e. The molecule has 3 rings (SSSR count). The highest BCUT2D eigenvalue weighted by Crippen LogP contribution is 2.29. The molecule has 0 bridgehead atoms. The molecule has 0 atom stereocenters. The van der Waals surface area contributed by atoms with Gasteiger partial charge in [0.1, 0.15) is 5.75 Å². The second-order valence-electron chi connectivity index (χ2n) is 6.77. The van der Waals surface area contributed by atoms with E-state index >= 15 is 0 Å². The summed E-state index contributed by atoms with van der Waals surface area (Å²) in [5.41, 5.74) is 2.69. The van der Waals surface area contributed by atoms with Crippen molar-refractivity contribution in [3.63, 3.8) is 0 Å². The summed E-state index contributed by atoms with van der Waals surface area (Å²) in [7, 11) is 0. The maximum Gasteiger partial charge on any atom is 0.573 e. The van der Waals surface area contributed by atoms with E-state index < -0.39 is 6.36 Å². The second kappa shape index (κ2) is 8.35. The van der Waals surface area contributed by atoms with Gasteiger partial charge in [-0.25, -0.2) is 0 Å². The predicted molar refractivity (Wildman–Crippen MR) is 101 cm³/mol. The SMILES string of the molecule is C=C[C@H]1CC[C@H](C#Cc2ccc(-c3ccc(OC(F)(F)F)cc3)cc2)CC1. The molecular formula is C23H21F3O. The van der Waals surface area contributed by atoms with Crippen LogP contribution >= 0.6 is 0 Å². The van der Waals surface area contributed by atoms with E-state index in [0.717, 1.165) is 42.4 Å². The minimum atomic E-state index is -4.67. The number of hydrogen-bond donors (Lipinski definition) is 0. The number of halogens is 3. The van der Waals surface area contributed by atoms with Crippen molar-refractivity contribution in [1.82, 2.24) is 0 Å². The maximum atomic E-state index is 12.2. The van der Waals surface area contributed by atoms with Crippen molar-refractivity contribution in [2.75, 3.05) is 0 Å². The molecule has 4 heteroatoms. The first-order valence-corrected chi connectivity index (χ1v) is 9.03. The monoisotopic (exact) mass is 370 g/mol. The third-order valence-corrected chi connectivity index (χ3v) is 4.83. The zero-order chi connectivity index (χ0) is 19.3. The Morgan fingerprint density at radius 3 is 1.96 bits per heavy atom. The zero-order valence-electron chi connectivity index (χ0n) is 14.9. The molecule has 27 heavy (non-hydrogen) atoms. The van der Waals surface area contributed by atoms with Gasteiger partial charge in [0.2, 0.25) is 0 Å². The lowest BCUT2D eigenvalue weighted by Gasteiger charge is -2.22. The molecule has 0 N–H and O–H groups in total. The van der Waals surface area contributed by atoms with Gasteiger partial charge in [0, 0.05) is 11.5 Å². The Balaban J connectivity index is 1.62. The van der Waals surface area contributed by atoms with Crippen LogP contribution in [-0.4, -0.2) is 6.36 Å². The van der Waals surface area contributed by atoms with E-state index in [0.29, 0.717) is 11.8 Å². The summed E-state index contributed by atoms with van der Waals surface area (Å²) in [6, 6.07) is 13.6. The van der Waals surface area contributed by atoms with Crippen molar-refractivity contribution < 1.29 is 17.9 Å². The molecule has 0 amide bonds. The van der Waals surface area contributed by atoms with Gasteiger partial charge in [-0.15, -0.1) is 19.8 Å². The summed E-state index contributed by atoms with van der Waals surface area (Å²) in [4.78, 5) is 0. The molecule has 2 aromatic carbocycles. The summed E-state index contributed by atoms with van der Waals surface area (Å²) >= 11 is 0. The number of ether oxygens (including phenoxy) is 1. The van der Waals surface area contributed by atoms with Gasteiger partial charge in [0.15, 0.2) is 0 Å². The molecule has 140 valence electrons. The fraction of sp³-hybridized carbons (Fsp3) is 0.304. The van der Waals surface area contributed by atoms with Crippen LogP contribution in [-0.2, 0) is 0 Å². The Hall–Kier alpha value is -2.67. The molecule has 0 aliphatic heterocycles. The van der Waals surface area contributed by atoms with E-state index in [9.17, 15) is 13.2 Å². The van der Waals surface area contributed by atoms with Crippen molar-refractivity contribution in [2.45, 2.75) is 32.0 Å². The van der Waals surface area contributed by atoms with Gasteiger partial charge in [-0.05, 0) is 67.0 Å². The Labute approximate surface area is 157 Å². The van der Waals surface area contributed by atoms with E-state index in [1.165, 1.54) is 12.1 Å². The van der Waals surface area contributed by atoms with Crippen molar-refractivity contribution in [3.8, 4) is 28.7 Å². The first kappa shape index (κ1) is 19.1. The van der Waals surface area contributed by atoms with Gasteiger partial charge in [-0.1, -0.05) is 42.2 Å². The highest BCUT2D eigenvalue weighted by Gasteiger charge is 2.30. The van der Waals surface area contributed by atoms with Gasteiger partial charge in [-0.2, -0.15) is 0 Å². The van der Waals surface area contributed by atoms with Crippen LogP contribution in [0.5, 0.6) is 5.75 Å². The number of benzene rings is 2. The molecule has 0 heterocycles. The molecule has 0 spiro atoms. The lowest BCUT2D eigenvalue weighted by molar-refractivity contribution is -0.274. The Kier molecular flexibility index (Phi) is 5.91. The van der Waals surface area contributed by atoms with E-state index in [2.05, 4.69) is 23.2 Å². The van der Waals surface area contributed by atoms with Crippen molar-refractivity contribution >= 4 is 0 Å². The summed E-state index contributed by atoms with van der Waals surface area (Å²) in [5, 5.41) is 0. The number of alkyl halides is 3. The smallest absolute Gasteiger partial charge is 0.406 e. The van der Waals surface area contributed by atoms with E-state index in [1.54, 1.807) is 12.1 Å². The van der Waals surface area contributed by atoms with Crippen molar-refractivity contribution in [2.24, 2.45) is 11.8 Å². The van der Waals surface area contributed by atoms with Crippen LogP contribution in [0.2, 0.25) is 0 Å². The lowest BCUT2D eigenvalue weighted by atomic mass is 9.82. The van der Waals surface area contributed by atoms with E-state index in [-0.39, 0.29) is 5.75 Å². The minimum absolute atomic E-state index is 0.222. The van der Waals surface area contributed by atoms with E-state index in [4.69, 9.17) is 0 Å². The van der Waals surface area contributed by atoms with Gasteiger partial charge < -0.3 is 4.74 Å². The fourth-order valence-electron chi connectivity index (χ4n) is 3.28. The van der Waals surface area contributed by atoms with Crippen LogP contribution in [0.15, 0.2) is 61.2 Å². The molecule has 0 radical (unpaired) electrons. The topological polar surface area (TPSA) is 9.23 Å². The third-order valence-electron chi connectivity index (χ3n) is 4.83. The molecule has 1 aliphatic rings. The Bertz CT molecular complexity index is 815. The summed E-state index contributed by atoms with van der Waals surface area (Å²) in [6.07, 6.45) is 1.94. The standard InChI is InChI=1S/C23H21F3O/c1-2-17-3-5-18(6-4-17)7-8-19-9-11-20(12-10-19)21-13-15-22(16-14-21)27-23(24,25)26/h2,9-18H,1,3-6H2/t17-,18-. The highest BCUT2D eigenvalue weighted by atomic mass is 19.4. The van der Waals surface area contributed by atoms with Gasteiger partial charge in [-0.3, -0.25) is 0 Å². The van der Waals surface area contributed by atoms with Crippen molar-refractivity contribution in [3.05, 3.63) is 66.7 Å². The second-order valence-corrected chi connectivity index (χ2v) is 6.77. The fourth-order valence-corrected chi connectivity index (χ4v) is 3.28. The highest BCUT2D eigenvalue weighted by molar-refractivity contribution is 5.65. The third kappa shape index (κ3) is 5.65. The normalized spacial score (nSPS) is 19.7. The summed E-state index contributed by atoms with van der Waals surface area (Å²) in [6.45, 7) is 3.86. The van der Waals surface area contributed by atoms with Crippen LogP contribution < -0.4 is 4.74 Å². The molecule has 1 fully saturated rings. The number of rotatable bonds is 3. The van der Waals surface area contributed by atoms with E-state index in [1.807, 2.05) is 30.3 Å². The summed E-state index contributed by atoms with van der Waals surface area (Å²) in [5.74, 6) is 7.46. The molecular weight excluding hydrogens is 349 g/mol. The molecule has 2 aromatic rings. The molecule has 0 unspecified atom stereocenters. The first-order valence-electron chi connectivity index (χ1n) is 9.03. The number of allylic oxidation sites excluding steroid dienone is 1. The van der Waals surface area contributed by atoms with Crippen LogP contribution in [0, 0.1) is 23.7 Å². The number of hydrogen-bond acceptors (Lipinski definition) is 1. The van der Waals surface area contributed by atoms with Crippen LogP contribution in [0.25, 0.3) is 11.1 Å². The van der Waals surface area contributed by atoms with Crippen LogP contribution in [0.3, 0.4) is 0 Å². The molecule has 1 nitrogen and oxygen atoms in total. The van der Waals surface area contributed by atoms with Gasteiger partial charge in [0.05, 0.1) is 0 Å². The largest absolute Gasteiger partial charge is 0.573 e. The molecule has 1 aliphatic carbocycles. The lowest BCUT2D eigenvalue weighted by Crippen LogP contribution is -2.16. The van der Waals surface area contributed by atoms with Crippen LogP contribution in [0.4, 0.5) is 13.2 Å². The molecule has 1 saturated carbocycles. The average molecular weight is 370 g/mol. The maximum absolute atomic E-state index is 12.2. The zero-order valence-corrected chi connectivity index (χ0v) is 14.9. The van der Waals surface area contributed by atoms with Crippen molar-refractivity contribution in [1.29, 1.82) is 0 Å². The predicted octanol–water partition coefficient (Wildman–Crippen LogP) is 6.60. The summed E-state index contributed by atoms with van der Waals surface area (Å²) < 4.78 is 40.5. The molecule has 0 saturated heterocycles. The molecule has 0 aromatic heterocycles. The Morgan fingerprint density at radius 1 is 0.889 bits per heavy atom. The van der Waals surface area contributed by atoms with Crippen LogP contribution in [0.1, 0.15) is 31.2 Å².